The van der Waals surface area contributed by atoms with Crippen molar-refractivity contribution in [1.82, 2.24) is 19.7 Å². The van der Waals surface area contributed by atoms with Crippen LogP contribution in [0, 0.1) is 0 Å². The maximum Gasteiger partial charge on any atom is 0.193 e. The van der Waals surface area contributed by atoms with Crippen LogP contribution in [0.4, 0.5) is 5.82 Å². The molecule has 0 aromatic carbocycles. The second-order valence-corrected chi connectivity index (χ2v) is 4.11. The summed E-state index contributed by atoms with van der Waals surface area (Å²) in [4.78, 5) is 8.96. The van der Waals surface area contributed by atoms with Gasteiger partial charge in [-0.25, -0.2) is 9.97 Å². The van der Waals surface area contributed by atoms with Crippen molar-refractivity contribution in [2.45, 2.75) is 9.92 Å². The zero-order valence-electron chi connectivity index (χ0n) is 8.91. The number of aryl methyl sites for hydroxylation is 1. The van der Waals surface area contributed by atoms with Crippen LogP contribution in [-0.2, 0) is 7.05 Å². The Morgan fingerprint density at radius 3 is 2.88 bits per heavy atom. The molecule has 0 aliphatic heterocycles. The molecule has 6 nitrogen and oxygen atoms in total. The van der Waals surface area contributed by atoms with E-state index in [0.717, 1.165) is 4.90 Å². The average Bonchev–Trinajstić information content (AvgIpc) is 2.64. The van der Waals surface area contributed by atoms with Crippen LogP contribution in [0.25, 0.3) is 0 Å². The summed E-state index contributed by atoms with van der Waals surface area (Å²) < 4.78 is 6.88. The Morgan fingerprint density at radius 1 is 1.44 bits per heavy atom. The minimum absolute atomic E-state index is 0.337. The highest BCUT2D eigenvalue weighted by molar-refractivity contribution is 7.99. The van der Waals surface area contributed by atoms with Crippen molar-refractivity contribution < 1.29 is 4.74 Å². The molecule has 16 heavy (non-hydrogen) atoms. The van der Waals surface area contributed by atoms with Gasteiger partial charge in [-0.3, -0.25) is 4.68 Å². The van der Waals surface area contributed by atoms with Gasteiger partial charge in [-0.15, -0.1) is 0 Å². The number of hydrogen-bond donors (Lipinski definition) is 1. The van der Waals surface area contributed by atoms with E-state index in [9.17, 15) is 0 Å². The number of anilines is 1. The SMILES string of the molecule is COc1c(N)ncnc1Sc1cnn(C)c1. The van der Waals surface area contributed by atoms with E-state index in [1.165, 1.54) is 18.1 Å². The first-order valence-electron chi connectivity index (χ1n) is 4.51. The molecule has 0 saturated carbocycles. The zero-order chi connectivity index (χ0) is 11.5. The number of nitrogens with two attached hydrogens (primary N) is 1. The van der Waals surface area contributed by atoms with E-state index in [1.54, 1.807) is 18.0 Å². The van der Waals surface area contributed by atoms with Gasteiger partial charge in [-0.1, -0.05) is 11.8 Å². The summed E-state index contributed by atoms with van der Waals surface area (Å²) in [5.41, 5.74) is 5.68. The van der Waals surface area contributed by atoms with Gasteiger partial charge in [0.25, 0.3) is 0 Å². The van der Waals surface area contributed by atoms with Crippen molar-refractivity contribution in [3.8, 4) is 5.75 Å². The monoisotopic (exact) mass is 237 g/mol. The quantitative estimate of drug-likeness (QED) is 0.801. The number of methoxy groups -OCH3 is 1. The molecule has 2 N–H and O–H groups in total. The maximum atomic E-state index is 5.68. The minimum Gasteiger partial charge on any atom is -0.490 e. The molecular formula is C9H11N5OS. The molecule has 0 spiro atoms. The molecule has 84 valence electrons. The Bertz CT molecular complexity index is 498. The van der Waals surface area contributed by atoms with Gasteiger partial charge in [0.2, 0.25) is 0 Å². The van der Waals surface area contributed by atoms with E-state index in [0.29, 0.717) is 16.6 Å². The van der Waals surface area contributed by atoms with E-state index in [-0.39, 0.29) is 0 Å². The van der Waals surface area contributed by atoms with Crippen LogP contribution in [0.2, 0.25) is 0 Å². The lowest BCUT2D eigenvalue weighted by Crippen LogP contribution is -1.98. The van der Waals surface area contributed by atoms with E-state index < -0.39 is 0 Å². The third kappa shape index (κ3) is 2.08. The summed E-state index contributed by atoms with van der Waals surface area (Å²) in [6.45, 7) is 0. The van der Waals surface area contributed by atoms with Crippen LogP contribution in [0.15, 0.2) is 28.6 Å². The second-order valence-electron chi connectivity index (χ2n) is 3.05. The molecule has 0 amide bonds. The smallest absolute Gasteiger partial charge is 0.193 e. The Hall–Kier alpha value is -1.76. The van der Waals surface area contributed by atoms with Gasteiger partial charge in [0.1, 0.15) is 11.4 Å². The fourth-order valence-corrected chi connectivity index (χ4v) is 2.11. The Morgan fingerprint density at radius 2 is 2.25 bits per heavy atom. The van der Waals surface area contributed by atoms with Gasteiger partial charge in [-0.2, -0.15) is 5.10 Å². The number of ether oxygens (including phenoxy) is 1. The molecule has 0 bridgehead atoms. The molecule has 0 fully saturated rings. The number of aromatic nitrogens is 4. The predicted octanol–water partition coefficient (Wildman–Crippen LogP) is 0.952. The van der Waals surface area contributed by atoms with Crippen molar-refractivity contribution in [1.29, 1.82) is 0 Å². The number of nitrogens with zero attached hydrogens (tertiary/aromatic N) is 4. The molecule has 2 rings (SSSR count). The Balaban J connectivity index is 2.30. The molecular weight excluding hydrogens is 226 g/mol. The first-order valence-corrected chi connectivity index (χ1v) is 5.33. The third-order valence-electron chi connectivity index (χ3n) is 1.90. The lowest BCUT2D eigenvalue weighted by Gasteiger charge is -2.06. The lowest BCUT2D eigenvalue weighted by atomic mass is 10.5. The van der Waals surface area contributed by atoms with Gasteiger partial charge >= 0.3 is 0 Å². The maximum absolute atomic E-state index is 5.68. The van der Waals surface area contributed by atoms with Gasteiger partial charge in [0.15, 0.2) is 11.6 Å². The van der Waals surface area contributed by atoms with E-state index in [2.05, 4.69) is 15.1 Å². The highest BCUT2D eigenvalue weighted by atomic mass is 32.2. The standard InChI is InChI=1S/C9H11N5OS/c1-14-4-6(3-13-14)16-9-7(15-2)8(10)11-5-12-9/h3-5H,1-2H3,(H2,10,11,12). The van der Waals surface area contributed by atoms with Crippen molar-refractivity contribution in [2.75, 3.05) is 12.8 Å². The summed E-state index contributed by atoms with van der Waals surface area (Å²) >= 11 is 1.43. The Labute approximate surface area is 96.8 Å². The van der Waals surface area contributed by atoms with Crippen LogP contribution < -0.4 is 10.5 Å². The topological polar surface area (TPSA) is 78.8 Å². The van der Waals surface area contributed by atoms with Crippen molar-refractivity contribution in [3.63, 3.8) is 0 Å². The van der Waals surface area contributed by atoms with Crippen molar-refractivity contribution in [3.05, 3.63) is 18.7 Å². The largest absolute Gasteiger partial charge is 0.490 e. The van der Waals surface area contributed by atoms with Crippen LogP contribution in [0.1, 0.15) is 0 Å². The summed E-state index contributed by atoms with van der Waals surface area (Å²) in [7, 11) is 3.40. The predicted molar refractivity (Wildman–Crippen MR) is 60.3 cm³/mol. The average molecular weight is 237 g/mol. The molecule has 2 aromatic heterocycles. The summed E-state index contributed by atoms with van der Waals surface area (Å²) in [6.07, 6.45) is 5.06. The van der Waals surface area contributed by atoms with Crippen LogP contribution >= 0.6 is 11.8 Å². The summed E-state index contributed by atoms with van der Waals surface area (Å²) in [6, 6.07) is 0. The summed E-state index contributed by atoms with van der Waals surface area (Å²) in [5, 5.41) is 4.75. The number of hydrogen-bond acceptors (Lipinski definition) is 6. The van der Waals surface area contributed by atoms with Gasteiger partial charge < -0.3 is 10.5 Å². The molecule has 0 radical (unpaired) electrons. The van der Waals surface area contributed by atoms with Gasteiger partial charge in [0, 0.05) is 13.2 Å². The molecule has 7 heteroatoms. The summed E-state index contributed by atoms with van der Waals surface area (Å²) in [5.74, 6) is 0.834. The lowest BCUT2D eigenvalue weighted by molar-refractivity contribution is 0.401. The molecule has 0 atom stereocenters. The van der Waals surface area contributed by atoms with Gasteiger partial charge in [-0.05, 0) is 0 Å². The van der Waals surface area contributed by atoms with Crippen molar-refractivity contribution in [2.24, 2.45) is 7.05 Å². The van der Waals surface area contributed by atoms with Crippen LogP contribution in [0.3, 0.4) is 0 Å². The molecule has 0 unspecified atom stereocenters. The number of nitrogen functional groups attached to an aromatic ring is 1. The Kier molecular flexibility index (Phi) is 2.95. The zero-order valence-corrected chi connectivity index (χ0v) is 9.73. The van der Waals surface area contributed by atoms with Crippen LogP contribution in [-0.4, -0.2) is 26.9 Å². The first kappa shape index (κ1) is 10.7. The third-order valence-corrected chi connectivity index (χ3v) is 2.83. The van der Waals surface area contributed by atoms with E-state index in [1.807, 2.05) is 13.2 Å². The van der Waals surface area contributed by atoms with E-state index in [4.69, 9.17) is 10.5 Å². The molecule has 0 aliphatic rings. The fourth-order valence-electron chi connectivity index (χ4n) is 1.20. The van der Waals surface area contributed by atoms with Crippen molar-refractivity contribution >= 4 is 17.6 Å². The molecule has 2 heterocycles. The van der Waals surface area contributed by atoms with Gasteiger partial charge in [0.05, 0.1) is 18.2 Å². The first-order chi connectivity index (χ1) is 7.70. The molecule has 0 saturated heterocycles. The van der Waals surface area contributed by atoms with Crippen LogP contribution in [0.5, 0.6) is 5.75 Å². The molecule has 0 aliphatic carbocycles. The normalized spacial score (nSPS) is 10.4. The molecule has 2 aromatic rings. The second kappa shape index (κ2) is 4.40. The van der Waals surface area contributed by atoms with E-state index >= 15 is 0 Å². The highest BCUT2D eigenvalue weighted by Crippen LogP contribution is 2.34. The fraction of sp³-hybridized carbons (Fsp3) is 0.222. The number of rotatable bonds is 3. The minimum atomic E-state index is 0.337. The highest BCUT2D eigenvalue weighted by Gasteiger charge is 2.11.